The number of hydrazone groups is 1. The average Bonchev–Trinajstić information content (AvgIpc) is 2.91. The Morgan fingerprint density at radius 2 is 1.88 bits per heavy atom. The summed E-state index contributed by atoms with van der Waals surface area (Å²) in [7, 11) is 0. The van der Waals surface area contributed by atoms with Crippen LogP contribution in [0.2, 0.25) is 5.15 Å². The summed E-state index contributed by atoms with van der Waals surface area (Å²) in [5.41, 5.74) is 5.76. The van der Waals surface area contributed by atoms with Gasteiger partial charge in [0.2, 0.25) is 0 Å². The summed E-state index contributed by atoms with van der Waals surface area (Å²) in [5.74, 6) is 0. The minimum Gasteiger partial charge on any atom is -0.278 e. The lowest BCUT2D eigenvalue weighted by Gasteiger charge is -2.02. The topological polar surface area (TPSA) is 85.3 Å². The molecule has 0 amide bonds. The number of anilines is 1. The quantitative estimate of drug-likeness (QED) is 0.422. The van der Waals surface area contributed by atoms with Crippen molar-refractivity contribution in [1.82, 2.24) is 9.78 Å². The Balaban J connectivity index is 1.78. The molecule has 1 aromatic heterocycles. The van der Waals surface area contributed by atoms with E-state index in [-0.39, 0.29) is 5.69 Å². The molecule has 0 saturated heterocycles. The predicted octanol–water partition coefficient (Wildman–Crippen LogP) is 4.19. The average molecular weight is 356 g/mol. The van der Waals surface area contributed by atoms with Crippen LogP contribution in [0, 0.1) is 17.0 Å². The molecular weight excluding hydrogens is 342 g/mol. The van der Waals surface area contributed by atoms with E-state index in [1.165, 1.54) is 12.1 Å². The first-order valence-electron chi connectivity index (χ1n) is 7.40. The lowest BCUT2D eigenvalue weighted by Crippen LogP contribution is -1.96. The van der Waals surface area contributed by atoms with E-state index in [0.717, 1.165) is 11.4 Å². The molecule has 0 atom stereocenters. The normalized spacial score (nSPS) is 11.0. The van der Waals surface area contributed by atoms with Gasteiger partial charge in [0.25, 0.3) is 5.69 Å². The van der Waals surface area contributed by atoms with Crippen LogP contribution >= 0.6 is 11.6 Å². The number of hydrogen-bond donors (Lipinski definition) is 1. The van der Waals surface area contributed by atoms with E-state index in [9.17, 15) is 10.1 Å². The first-order chi connectivity index (χ1) is 12.1. The number of nitrogens with zero attached hydrogens (tertiary/aromatic N) is 4. The third kappa shape index (κ3) is 3.67. The van der Waals surface area contributed by atoms with Gasteiger partial charge in [0, 0.05) is 12.1 Å². The SMILES string of the molecule is Cc1nn(-c2ccccc2)c(Cl)c1/C=N/Nc1ccc([N+](=O)[O-])cc1. The summed E-state index contributed by atoms with van der Waals surface area (Å²) >= 11 is 6.41. The monoisotopic (exact) mass is 355 g/mol. The van der Waals surface area contributed by atoms with Crippen LogP contribution in [0.4, 0.5) is 11.4 Å². The van der Waals surface area contributed by atoms with Gasteiger partial charge in [0.15, 0.2) is 0 Å². The lowest BCUT2D eigenvalue weighted by atomic mass is 10.3. The third-order valence-electron chi connectivity index (χ3n) is 3.51. The zero-order valence-electron chi connectivity index (χ0n) is 13.3. The van der Waals surface area contributed by atoms with Crippen molar-refractivity contribution >= 4 is 29.2 Å². The van der Waals surface area contributed by atoms with Gasteiger partial charge in [-0.05, 0) is 31.2 Å². The van der Waals surface area contributed by atoms with Crippen molar-refractivity contribution in [2.24, 2.45) is 5.10 Å². The van der Waals surface area contributed by atoms with Crippen LogP contribution < -0.4 is 5.43 Å². The highest BCUT2D eigenvalue weighted by Crippen LogP contribution is 2.22. The highest BCUT2D eigenvalue weighted by Gasteiger charge is 2.12. The van der Waals surface area contributed by atoms with Gasteiger partial charge >= 0.3 is 0 Å². The molecule has 3 rings (SSSR count). The second kappa shape index (κ2) is 7.14. The van der Waals surface area contributed by atoms with Crippen molar-refractivity contribution in [1.29, 1.82) is 0 Å². The molecule has 3 aromatic rings. The Morgan fingerprint density at radius 1 is 1.20 bits per heavy atom. The van der Waals surface area contributed by atoms with Crippen LogP contribution in [0.3, 0.4) is 0 Å². The van der Waals surface area contributed by atoms with Gasteiger partial charge in [-0.2, -0.15) is 10.2 Å². The third-order valence-corrected chi connectivity index (χ3v) is 3.88. The summed E-state index contributed by atoms with van der Waals surface area (Å²) in [4.78, 5) is 10.2. The number of para-hydroxylation sites is 1. The maximum Gasteiger partial charge on any atom is 0.269 e. The molecule has 2 aromatic carbocycles. The van der Waals surface area contributed by atoms with E-state index < -0.39 is 4.92 Å². The molecule has 0 aliphatic carbocycles. The van der Waals surface area contributed by atoms with Gasteiger partial charge < -0.3 is 0 Å². The molecule has 1 heterocycles. The zero-order valence-corrected chi connectivity index (χ0v) is 14.0. The van der Waals surface area contributed by atoms with Gasteiger partial charge in [-0.15, -0.1) is 0 Å². The number of nitro groups is 1. The summed E-state index contributed by atoms with van der Waals surface area (Å²) in [6, 6.07) is 15.5. The van der Waals surface area contributed by atoms with Crippen LogP contribution in [0.1, 0.15) is 11.3 Å². The Kier molecular flexibility index (Phi) is 4.76. The van der Waals surface area contributed by atoms with Gasteiger partial charge in [-0.25, -0.2) is 4.68 Å². The molecule has 0 aliphatic heterocycles. The number of hydrogen-bond acceptors (Lipinski definition) is 5. The molecule has 0 aliphatic rings. The van der Waals surface area contributed by atoms with Crippen LogP contribution in [0.5, 0.6) is 0 Å². The molecule has 126 valence electrons. The minimum absolute atomic E-state index is 0.0255. The standard InChI is InChI=1S/C17H14ClN5O2/c1-12-16(17(18)22(21-12)14-5-3-2-4-6-14)11-19-20-13-7-9-15(10-8-13)23(24)25/h2-11,20H,1H3/b19-11+. The molecule has 0 bridgehead atoms. The first-order valence-corrected chi connectivity index (χ1v) is 7.78. The Bertz CT molecular complexity index is 920. The largest absolute Gasteiger partial charge is 0.278 e. The van der Waals surface area contributed by atoms with Crippen LogP contribution in [-0.2, 0) is 0 Å². The van der Waals surface area contributed by atoms with E-state index in [1.807, 2.05) is 37.3 Å². The molecule has 1 N–H and O–H groups in total. The van der Waals surface area contributed by atoms with Crippen molar-refractivity contribution in [3.63, 3.8) is 0 Å². The van der Waals surface area contributed by atoms with Gasteiger partial charge in [-0.3, -0.25) is 15.5 Å². The fourth-order valence-corrected chi connectivity index (χ4v) is 2.55. The molecule has 8 heteroatoms. The van der Waals surface area contributed by atoms with Gasteiger partial charge in [-0.1, -0.05) is 29.8 Å². The molecule has 25 heavy (non-hydrogen) atoms. The van der Waals surface area contributed by atoms with E-state index in [2.05, 4.69) is 15.6 Å². The molecule has 0 spiro atoms. The number of aryl methyl sites for hydroxylation is 1. The number of aromatic nitrogens is 2. The number of non-ortho nitro benzene ring substituents is 1. The number of halogens is 1. The van der Waals surface area contributed by atoms with E-state index in [4.69, 9.17) is 11.6 Å². The summed E-state index contributed by atoms with van der Waals surface area (Å²) < 4.78 is 1.64. The van der Waals surface area contributed by atoms with Crippen LogP contribution in [-0.4, -0.2) is 20.9 Å². The van der Waals surface area contributed by atoms with Gasteiger partial charge in [0.1, 0.15) is 5.15 Å². The smallest absolute Gasteiger partial charge is 0.269 e. The molecule has 0 unspecified atom stereocenters. The fraction of sp³-hybridized carbons (Fsp3) is 0.0588. The first kappa shape index (κ1) is 16.7. The van der Waals surface area contributed by atoms with E-state index >= 15 is 0 Å². The summed E-state index contributed by atoms with van der Waals surface area (Å²) in [6.45, 7) is 1.85. The maximum atomic E-state index is 10.6. The molecule has 0 radical (unpaired) electrons. The lowest BCUT2D eigenvalue weighted by molar-refractivity contribution is -0.384. The van der Waals surface area contributed by atoms with Crippen molar-refractivity contribution in [3.05, 3.63) is 81.1 Å². The number of rotatable bonds is 5. The molecule has 0 fully saturated rings. The second-order valence-corrected chi connectivity index (χ2v) is 5.57. The predicted molar refractivity (Wildman–Crippen MR) is 97.6 cm³/mol. The number of benzene rings is 2. The number of nitro benzene ring substituents is 1. The molecule has 0 saturated carbocycles. The Hall–Kier alpha value is -3.19. The Labute approximate surface area is 148 Å². The van der Waals surface area contributed by atoms with Crippen LogP contribution in [0.15, 0.2) is 59.7 Å². The van der Waals surface area contributed by atoms with Crippen molar-refractivity contribution in [2.45, 2.75) is 6.92 Å². The van der Waals surface area contributed by atoms with E-state index in [0.29, 0.717) is 16.4 Å². The van der Waals surface area contributed by atoms with Crippen molar-refractivity contribution in [2.75, 3.05) is 5.43 Å². The zero-order chi connectivity index (χ0) is 17.8. The highest BCUT2D eigenvalue weighted by molar-refractivity contribution is 6.32. The molecule has 7 nitrogen and oxygen atoms in total. The van der Waals surface area contributed by atoms with E-state index in [1.54, 1.807) is 23.0 Å². The number of nitrogens with one attached hydrogen (secondary N) is 1. The Morgan fingerprint density at radius 3 is 2.52 bits per heavy atom. The summed E-state index contributed by atoms with van der Waals surface area (Å²) in [6.07, 6.45) is 1.57. The van der Waals surface area contributed by atoms with Crippen molar-refractivity contribution in [3.8, 4) is 5.69 Å². The minimum atomic E-state index is -0.450. The van der Waals surface area contributed by atoms with Crippen LogP contribution in [0.25, 0.3) is 5.69 Å². The van der Waals surface area contributed by atoms with Gasteiger partial charge in [0.05, 0.1) is 33.8 Å². The molecular formula is C17H14ClN5O2. The fourth-order valence-electron chi connectivity index (χ4n) is 2.23. The second-order valence-electron chi connectivity index (χ2n) is 5.21. The summed E-state index contributed by atoms with van der Waals surface area (Å²) in [5, 5.41) is 19.7. The van der Waals surface area contributed by atoms with Crippen molar-refractivity contribution < 1.29 is 4.92 Å². The maximum absolute atomic E-state index is 10.6. The highest BCUT2D eigenvalue weighted by atomic mass is 35.5.